The molecular formula is C22H23N3O3. The number of fused-ring (bicyclic) bond motifs is 1. The van der Waals surface area contributed by atoms with Gasteiger partial charge >= 0.3 is 0 Å². The minimum absolute atomic E-state index is 0.128. The van der Waals surface area contributed by atoms with E-state index in [9.17, 15) is 9.59 Å². The van der Waals surface area contributed by atoms with Gasteiger partial charge in [0.05, 0.1) is 13.2 Å². The van der Waals surface area contributed by atoms with Crippen LogP contribution in [-0.2, 0) is 9.53 Å². The molecule has 3 aromatic rings. The van der Waals surface area contributed by atoms with Gasteiger partial charge in [-0.1, -0.05) is 36.4 Å². The molecule has 0 aliphatic carbocycles. The molecule has 0 saturated carbocycles. The number of nitrogens with one attached hydrogen (secondary N) is 3. The smallest absolute Gasteiger partial charge is 0.251 e. The Kier molecular flexibility index (Phi) is 6.59. The molecule has 6 heteroatoms. The number of hydrogen-bond acceptors (Lipinski definition) is 4. The second kappa shape index (κ2) is 9.53. The summed E-state index contributed by atoms with van der Waals surface area (Å²) in [6.07, 6.45) is 0. The average molecular weight is 377 g/mol. The Labute approximate surface area is 163 Å². The van der Waals surface area contributed by atoms with Crippen molar-refractivity contribution >= 4 is 34.0 Å². The van der Waals surface area contributed by atoms with Crippen molar-refractivity contribution in [3.63, 3.8) is 0 Å². The zero-order chi connectivity index (χ0) is 19.8. The third-order valence-corrected chi connectivity index (χ3v) is 4.26. The molecule has 3 N–H and O–H groups in total. The summed E-state index contributed by atoms with van der Waals surface area (Å²) >= 11 is 0. The zero-order valence-corrected chi connectivity index (χ0v) is 15.7. The van der Waals surface area contributed by atoms with Crippen molar-refractivity contribution in [3.05, 3.63) is 72.3 Å². The van der Waals surface area contributed by atoms with E-state index >= 15 is 0 Å². The summed E-state index contributed by atoms with van der Waals surface area (Å²) in [6.45, 7) is 1.06. The normalized spacial score (nSPS) is 10.5. The lowest BCUT2D eigenvalue weighted by Gasteiger charge is -2.11. The van der Waals surface area contributed by atoms with Crippen molar-refractivity contribution in [1.29, 1.82) is 0 Å². The van der Waals surface area contributed by atoms with E-state index < -0.39 is 0 Å². The summed E-state index contributed by atoms with van der Waals surface area (Å²) in [5, 5.41) is 10.8. The molecule has 0 radical (unpaired) electrons. The number of carbonyl (C=O) groups excluding carboxylic acids is 2. The molecule has 0 aliphatic rings. The molecule has 0 atom stereocenters. The number of hydrogen-bond donors (Lipinski definition) is 3. The fourth-order valence-electron chi connectivity index (χ4n) is 2.82. The lowest BCUT2D eigenvalue weighted by molar-refractivity contribution is -0.114. The number of ether oxygens (including phenoxy) is 1. The van der Waals surface area contributed by atoms with E-state index in [-0.39, 0.29) is 18.4 Å². The summed E-state index contributed by atoms with van der Waals surface area (Å²) in [7, 11) is 1.59. The molecule has 0 spiro atoms. The number of anilines is 2. The minimum atomic E-state index is -0.155. The number of methoxy groups -OCH3 is 1. The van der Waals surface area contributed by atoms with Gasteiger partial charge in [0, 0.05) is 36.0 Å². The van der Waals surface area contributed by atoms with Crippen molar-refractivity contribution in [1.82, 2.24) is 5.32 Å². The third-order valence-electron chi connectivity index (χ3n) is 4.26. The highest BCUT2D eigenvalue weighted by molar-refractivity contribution is 6.03. The van der Waals surface area contributed by atoms with Crippen molar-refractivity contribution < 1.29 is 14.3 Å². The molecule has 0 bridgehead atoms. The largest absolute Gasteiger partial charge is 0.383 e. The molecule has 28 heavy (non-hydrogen) atoms. The second-order valence-electron chi connectivity index (χ2n) is 6.25. The van der Waals surface area contributed by atoms with Crippen LogP contribution < -0.4 is 16.0 Å². The molecule has 0 unspecified atom stereocenters. The summed E-state index contributed by atoms with van der Waals surface area (Å²) in [5.74, 6) is -0.296. The van der Waals surface area contributed by atoms with Gasteiger partial charge in [-0.05, 0) is 35.7 Å². The van der Waals surface area contributed by atoms with E-state index in [0.29, 0.717) is 18.7 Å². The van der Waals surface area contributed by atoms with E-state index in [1.165, 1.54) is 0 Å². The van der Waals surface area contributed by atoms with Gasteiger partial charge in [0.25, 0.3) is 5.91 Å². The van der Waals surface area contributed by atoms with Gasteiger partial charge in [0.2, 0.25) is 5.91 Å². The highest BCUT2D eigenvalue weighted by Crippen LogP contribution is 2.22. The van der Waals surface area contributed by atoms with Gasteiger partial charge in [0.15, 0.2) is 0 Å². The van der Waals surface area contributed by atoms with Crippen molar-refractivity contribution in [2.24, 2.45) is 0 Å². The SMILES string of the molecule is COCCNC(=O)c1ccc(NCC(=O)Nc2cccc3ccccc23)cc1. The van der Waals surface area contributed by atoms with Crippen LogP contribution >= 0.6 is 0 Å². The Morgan fingerprint density at radius 1 is 0.929 bits per heavy atom. The van der Waals surface area contributed by atoms with E-state index in [2.05, 4.69) is 16.0 Å². The molecule has 0 aromatic heterocycles. The fourth-order valence-corrected chi connectivity index (χ4v) is 2.82. The van der Waals surface area contributed by atoms with Crippen molar-refractivity contribution in [2.75, 3.05) is 37.4 Å². The van der Waals surface area contributed by atoms with Gasteiger partial charge in [-0.25, -0.2) is 0 Å². The predicted octanol–water partition coefficient (Wildman–Crippen LogP) is 3.27. The highest BCUT2D eigenvalue weighted by Gasteiger charge is 2.07. The number of carbonyl (C=O) groups is 2. The lowest BCUT2D eigenvalue weighted by atomic mass is 10.1. The minimum Gasteiger partial charge on any atom is -0.383 e. The molecular weight excluding hydrogens is 354 g/mol. The Hall–Kier alpha value is -3.38. The molecule has 144 valence electrons. The predicted molar refractivity (Wildman–Crippen MR) is 112 cm³/mol. The first-order chi connectivity index (χ1) is 13.7. The first-order valence-corrected chi connectivity index (χ1v) is 9.06. The molecule has 0 heterocycles. The molecule has 0 fully saturated rings. The van der Waals surface area contributed by atoms with Crippen LogP contribution in [0, 0.1) is 0 Å². The lowest BCUT2D eigenvalue weighted by Crippen LogP contribution is -2.26. The Morgan fingerprint density at radius 2 is 1.68 bits per heavy atom. The maximum Gasteiger partial charge on any atom is 0.251 e. The topological polar surface area (TPSA) is 79.5 Å². The molecule has 2 amide bonds. The van der Waals surface area contributed by atoms with E-state index in [0.717, 1.165) is 22.1 Å². The molecule has 3 aromatic carbocycles. The summed E-state index contributed by atoms with van der Waals surface area (Å²) < 4.78 is 4.91. The van der Waals surface area contributed by atoms with Gasteiger partial charge < -0.3 is 20.7 Å². The van der Waals surface area contributed by atoms with Crippen LogP contribution in [0.1, 0.15) is 10.4 Å². The van der Waals surface area contributed by atoms with Crippen LogP contribution in [0.15, 0.2) is 66.7 Å². The molecule has 0 saturated heterocycles. The second-order valence-corrected chi connectivity index (χ2v) is 6.25. The maximum absolute atomic E-state index is 12.3. The summed E-state index contributed by atoms with van der Waals surface area (Å²) in [6, 6.07) is 20.7. The van der Waals surface area contributed by atoms with Crippen molar-refractivity contribution in [3.8, 4) is 0 Å². The van der Waals surface area contributed by atoms with Gasteiger partial charge in [-0.2, -0.15) is 0 Å². The zero-order valence-electron chi connectivity index (χ0n) is 15.7. The molecule has 6 nitrogen and oxygen atoms in total. The van der Waals surface area contributed by atoms with E-state index in [1.807, 2.05) is 42.5 Å². The van der Waals surface area contributed by atoms with E-state index in [1.54, 1.807) is 31.4 Å². The Morgan fingerprint density at radius 3 is 2.46 bits per heavy atom. The maximum atomic E-state index is 12.3. The average Bonchev–Trinajstić information content (AvgIpc) is 2.73. The molecule has 3 rings (SSSR count). The van der Waals surface area contributed by atoms with Crippen LogP contribution in [-0.4, -0.2) is 38.6 Å². The quantitative estimate of drug-likeness (QED) is 0.527. The van der Waals surface area contributed by atoms with E-state index in [4.69, 9.17) is 4.74 Å². The first kappa shape index (κ1) is 19.4. The van der Waals surface area contributed by atoms with Crippen LogP contribution in [0.4, 0.5) is 11.4 Å². The highest BCUT2D eigenvalue weighted by atomic mass is 16.5. The summed E-state index contributed by atoms with van der Waals surface area (Å²) in [4.78, 5) is 24.3. The third kappa shape index (κ3) is 5.08. The van der Waals surface area contributed by atoms with Crippen LogP contribution in [0.5, 0.6) is 0 Å². The summed E-state index contributed by atoms with van der Waals surface area (Å²) in [5.41, 5.74) is 2.11. The van der Waals surface area contributed by atoms with Crippen LogP contribution in [0.2, 0.25) is 0 Å². The van der Waals surface area contributed by atoms with Crippen molar-refractivity contribution in [2.45, 2.75) is 0 Å². The standard InChI is InChI=1S/C22H23N3O3/c1-28-14-13-23-22(27)17-9-11-18(12-10-17)24-15-21(26)25-20-8-4-6-16-5-2-3-7-19(16)20/h2-12,24H,13-15H2,1H3,(H,23,27)(H,25,26). The number of benzene rings is 3. The van der Waals surface area contributed by atoms with Crippen LogP contribution in [0.25, 0.3) is 10.8 Å². The van der Waals surface area contributed by atoms with Gasteiger partial charge in [-0.3, -0.25) is 9.59 Å². The van der Waals surface area contributed by atoms with Gasteiger partial charge in [-0.15, -0.1) is 0 Å². The number of rotatable bonds is 8. The Bertz CT molecular complexity index is 949. The molecule has 0 aliphatic heterocycles. The monoisotopic (exact) mass is 377 g/mol. The fraction of sp³-hybridized carbons (Fsp3) is 0.182. The number of amides is 2. The van der Waals surface area contributed by atoms with Crippen LogP contribution in [0.3, 0.4) is 0 Å². The Balaban J connectivity index is 1.53. The van der Waals surface area contributed by atoms with Gasteiger partial charge in [0.1, 0.15) is 0 Å². The first-order valence-electron chi connectivity index (χ1n) is 9.06.